The zero-order chi connectivity index (χ0) is 71.9. The minimum Gasteiger partial charge on any atom is -0.271 e. The lowest BCUT2D eigenvalue weighted by Gasteiger charge is -2.35. The van der Waals surface area contributed by atoms with E-state index in [-0.39, 0.29) is 47.1 Å². The quantitative estimate of drug-likeness (QED) is 0.0163. The van der Waals surface area contributed by atoms with Crippen LogP contribution in [0, 0.1) is 0 Å². The van der Waals surface area contributed by atoms with Gasteiger partial charge in [-0.2, -0.15) is 0 Å². The van der Waals surface area contributed by atoms with E-state index in [9.17, 15) is 19.2 Å². The second-order valence-corrected chi connectivity index (χ2v) is 30.6. The van der Waals surface area contributed by atoms with Crippen LogP contribution >= 0.6 is 0 Å². The van der Waals surface area contributed by atoms with Gasteiger partial charge in [-0.15, -0.1) is 0 Å². The molecule has 12 heteroatoms. The first-order chi connectivity index (χ1) is 50.9. The largest absolute Gasteiger partial charge is 0.271 e. The molecule has 0 radical (unpaired) electrons. The van der Waals surface area contributed by atoms with Crippen molar-refractivity contribution in [3.05, 3.63) is 166 Å². The van der Waals surface area contributed by atoms with Crippen LogP contribution in [0.3, 0.4) is 0 Å². The number of amides is 8. The van der Waals surface area contributed by atoms with Crippen molar-refractivity contribution >= 4 is 145 Å². The first-order valence-electron chi connectivity index (χ1n) is 40.0. The summed E-state index contributed by atoms with van der Waals surface area (Å²) in [6.45, 7) is 8.93. The molecule has 0 spiro atoms. The van der Waals surface area contributed by atoms with Crippen LogP contribution in [0.5, 0.6) is 0 Å². The van der Waals surface area contributed by atoms with Crippen molar-refractivity contribution in [1.29, 1.82) is 0 Å². The fourth-order valence-corrected chi connectivity index (χ4v) is 18.6. The third kappa shape index (κ3) is 12.2. The lowest BCUT2D eigenvalue weighted by Crippen LogP contribution is -2.47. The molecule has 4 aliphatic heterocycles. The maximum atomic E-state index is 15.0. The Morgan fingerprint density at radius 2 is 0.375 bits per heavy atom. The fourth-order valence-electron chi connectivity index (χ4n) is 18.6. The van der Waals surface area contributed by atoms with Crippen molar-refractivity contribution in [1.82, 2.24) is 9.80 Å². The number of imide groups is 4. The Bertz CT molecular complexity index is 4620. The average molecular weight is 1390 g/mol. The number of hydrogen-bond acceptors (Lipinski definition) is 8. The van der Waals surface area contributed by atoms with Gasteiger partial charge in [-0.05, 0) is 163 Å². The number of fused-ring (bicyclic) bond motifs is 4. The summed E-state index contributed by atoms with van der Waals surface area (Å²) in [6, 6.07) is 36.1. The fraction of sp³-hybridized carbons (Fsp3) is 0.413. The van der Waals surface area contributed by atoms with E-state index in [2.05, 4.69) is 27.7 Å². The van der Waals surface area contributed by atoms with Crippen LogP contribution in [0.4, 0.5) is 11.4 Å². The molecular weight excluding hydrogens is 1290 g/mol. The number of rotatable bonds is 36. The number of nitrogens with zero attached hydrogens (tertiary/aromatic N) is 4. The number of anilines is 2. The normalized spacial score (nSPS) is 14.7. The lowest BCUT2D eigenvalue weighted by molar-refractivity contribution is 0.0501. The summed E-state index contributed by atoms with van der Waals surface area (Å²) < 4.78 is 0. The van der Waals surface area contributed by atoms with E-state index in [1.807, 2.05) is 72.8 Å². The zero-order valence-corrected chi connectivity index (χ0v) is 61.4. The van der Waals surface area contributed by atoms with Crippen LogP contribution in [-0.2, 0) is 0 Å². The van der Waals surface area contributed by atoms with Gasteiger partial charge in [-0.25, -0.2) is 9.80 Å². The van der Waals surface area contributed by atoms with E-state index in [0.717, 1.165) is 177 Å². The highest BCUT2D eigenvalue weighted by atomic mass is 16.2. The Balaban J connectivity index is 0.688. The molecule has 4 heterocycles. The van der Waals surface area contributed by atoms with Gasteiger partial charge in [0, 0.05) is 78.1 Å². The monoisotopic (exact) mass is 1390 g/mol. The maximum Gasteiger partial charge on any atom is 0.265 e. The molecule has 0 saturated heterocycles. The third-order valence-corrected chi connectivity index (χ3v) is 24.0. The molecule has 15 rings (SSSR count). The molecule has 0 aliphatic carbocycles. The summed E-state index contributed by atoms with van der Waals surface area (Å²) in [7, 11) is 0. The van der Waals surface area contributed by atoms with Crippen molar-refractivity contribution in [3.63, 3.8) is 0 Å². The van der Waals surface area contributed by atoms with Crippen LogP contribution in [0.25, 0.3) is 86.2 Å². The first-order valence-corrected chi connectivity index (χ1v) is 40.0. The highest BCUT2D eigenvalue weighted by Gasteiger charge is 2.43. The van der Waals surface area contributed by atoms with Crippen LogP contribution < -0.4 is 9.80 Å². The summed E-state index contributed by atoms with van der Waals surface area (Å²) in [6.07, 6.45) is 35.6. The van der Waals surface area contributed by atoms with Gasteiger partial charge in [0.05, 0.1) is 11.4 Å². The van der Waals surface area contributed by atoms with Gasteiger partial charge in [0.1, 0.15) is 0 Å². The zero-order valence-electron chi connectivity index (χ0n) is 61.4. The predicted octanol–water partition coefficient (Wildman–Crippen LogP) is 23.9. The number of carbonyl (C=O) groups is 8. The molecule has 0 unspecified atom stereocenters. The minimum atomic E-state index is -0.522. The Hall–Kier alpha value is -9.42. The SMILES string of the molecule is CCCCCCCCCC(CCCCCCCCC)N1C(=O)c2ccc3c4ccc5c6c(ccc(c7ccc(c2c37)C1=O)c64)C(=O)N(c1ccc(N2C(=O)c3ccc4c6ccc7c8c(ccc(c9ccc(c3c49)C2=O)c86)C(=O)N(C(CCCCCCCCC)CCCCCCCCC)C7=O)cc1)C5=O. The topological polar surface area (TPSA) is 150 Å². The molecule has 0 saturated carbocycles. The van der Waals surface area contributed by atoms with E-state index in [0.29, 0.717) is 66.1 Å². The molecular formula is C92H98N4O8. The number of unbranched alkanes of at least 4 members (excludes halogenated alkanes) is 24. The van der Waals surface area contributed by atoms with Crippen molar-refractivity contribution in [2.75, 3.05) is 9.80 Å². The molecule has 0 aromatic heterocycles. The molecule has 4 aliphatic rings. The van der Waals surface area contributed by atoms with Crippen LogP contribution in [0.15, 0.2) is 121 Å². The highest BCUT2D eigenvalue weighted by Crippen LogP contribution is 2.50. The van der Waals surface area contributed by atoms with Gasteiger partial charge >= 0.3 is 0 Å². The summed E-state index contributed by atoms with van der Waals surface area (Å²) >= 11 is 0. The predicted molar refractivity (Wildman–Crippen MR) is 423 cm³/mol. The molecule has 11 aromatic rings. The van der Waals surface area contributed by atoms with Gasteiger partial charge < -0.3 is 0 Å². The first kappa shape index (κ1) is 70.3. The molecule has 534 valence electrons. The van der Waals surface area contributed by atoms with Crippen molar-refractivity contribution in [3.8, 4) is 0 Å². The van der Waals surface area contributed by atoms with Crippen LogP contribution in [-0.4, -0.2) is 69.1 Å². The molecule has 0 N–H and O–H groups in total. The minimum absolute atomic E-state index is 0.188. The standard InChI is InChI=1S/C92H98N4O8/c1-5-9-13-17-21-25-29-33-57(34-30-26-22-18-14-10-6-2)93-85(97)69-49-41-61-65-45-53-73-83-74(54-46-66(79(65)83)62-42-50-70(86(93)98)81(69)77(61)62)90(102)95(89(73)101)59-37-39-60(40-38-59)96-91(103)75-55-47-67-63-43-51-71-82-72(52-44-64(78(63)82)68-48-56-76(92(96)104)84(75)80(67)68)88(100)94(87(71)99)58(35-31-27-23-19-15-11-7-3)36-32-28-24-20-16-12-8-4/h37-58H,5-36H2,1-4H3. The number of carbonyl (C=O) groups excluding carboxylic acids is 8. The van der Waals surface area contributed by atoms with E-state index in [1.165, 1.54) is 103 Å². The van der Waals surface area contributed by atoms with Gasteiger partial charge in [0.2, 0.25) is 0 Å². The number of hydrogen-bond donors (Lipinski definition) is 0. The smallest absolute Gasteiger partial charge is 0.265 e. The maximum absolute atomic E-state index is 15.0. The van der Waals surface area contributed by atoms with Gasteiger partial charge in [0.25, 0.3) is 47.3 Å². The van der Waals surface area contributed by atoms with Crippen molar-refractivity contribution in [2.45, 2.75) is 245 Å². The van der Waals surface area contributed by atoms with E-state index < -0.39 is 23.6 Å². The van der Waals surface area contributed by atoms with E-state index in [1.54, 1.807) is 58.3 Å². The second kappa shape index (κ2) is 30.3. The molecule has 104 heavy (non-hydrogen) atoms. The average Bonchev–Trinajstić information content (AvgIpc) is 0.694. The Kier molecular flexibility index (Phi) is 20.5. The highest BCUT2D eigenvalue weighted by molar-refractivity contribution is 6.46. The third-order valence-electron chi connectivity index (χ3n) is 24.0. The van der Waals surface area contributed by atoms with E-state index in [4.69, 9.17) is 0 Å². The molecule has 11 aromatic carbocycles. The number of benzene rings is 11. The van der Waals surface area contributed by atoms with Crippen LogP contribution in [0.2, 0.25) is 0 Å². The second-order valence-electron chi connectivity index (χ2n) is 30.6. The summed E-state index contributed by atoms with van der Waals surface area (Å²) in [4.78, 5) is 126. The summed E-state index contributed by atoms with van der Waals surface area (Å²) in [5, 5.41) is 12.1. The summed E-state index contributed by atoms with van der Waals surface area (Å²) in [5.74, 6) is -3.05. The van der Waals surface area contributed by atoms with Gasteiger partial charge in [0.15, 0.2) is 0 Å². The summed E-state index contributed by atoms with van der Waals surface area (Å²) in [5.41, 5.74) is 3.99. The molecule has 0 bridgehead atoms. The Morgan fingerprint density at radius 1 is 0.202 bits per heavy atom. The van der Waals surface area contributed by atoms with Gasteiger partial charge in [-0.1, -0.05) is 256 Å². The lowest BCUT2D eigenvalue weighted by atomic mass is 9.82. The Morgan fingerprint density at radius 3 is 0.567 bits per heavy atom. The molecule has 8 amide bonds. The molecule has 0 fully saturated rings. The Labute approximate surface area is 610 Å². The van der Waals surface area contributed by atoms with Crippen LogP contribution in [0.1, 0.15) is 316 Å². The van der Waals surface area contributed by atoms with Crippen molar-refractivity contribution in [2.24, 2.45) is 0 Å². The molecule has 0 atom stereocenters. The van der Waals surface area contributed by atoms with Crippen molar-refractivity contribution < 1.29 is 38.4 Å². The van der Waals surface area contributed by atoms with Gasteiger partial charge in [-0.3, -0.25) is 48.2 Å². The van der Waals surface area contributed by atoms with E-state index >= 15 is 19.2 Å². The molecule has 12 nitrogen and oxygen atoms in total.